The van der Waals surface area contributed by atoms with Gasteiger partial charge in [-0.2, -0.15) is 10.1 Å². The fourth-order valence-corrected chi connectivity index (χ4v) is 2.91. The first-order valence-corrected chi connectivity index (χ1v) is 8.37. The third-order valence-corrected chi connectivity index (χ3v) is 4.28. The van der Waals surface area contributed by atoms with Crippen LogP contribution in [-0.2, 0) is 4.74 Å². The van der Waals surface area contributed by atoms with Gasteiger partial charge in [-0.1, -0.05) is 0 Å². The standard InChI is InChI=1S/C17H19N7O2/c1-18-17(25)24(16-19-10-12-11-20-22-15(12)21-16)14-4-2-13(3-5-14)23-6-8-26-9-7-23/h2-5,10-11H,6-9H2,1H3,(H,18,25)(H,19,20,21,22). The topological polar surface area (TPSA) is 99.3 Å². The van der Waals surface area contributed by atoms with E-state index in [0.717, 1.165) is 37.4 Å². The van der Waals surface area contributed by atoms with Crippen LogP contribution in [0.1, 0.15) is 0 Å². The van der Waals surface area contributed by atoms with Gasteiger partial charge in [0.15, 0.2) is 5.65 Å². The number of carbonyl (C=O) groups excluding carboxylic acids is 1. The Morgan fingerprint density at radius 3 is 2.73 bits per heavy atom. The fraction of sp³-hybridized carbons (Fsp3) is 0.294. The number of urea groups is 1. The van der Waals surface area contributed by atoms with Crippen LogP contribution in [0.25, 0.3) is 11.0 Å². The zero-order valence-corrected chi connectivity index (χ0v) is 14.3. The molecule has 2 aromatic heterocycles. The van der Waals surface area contributed by atoms with E-state index in [1.54, 1.807) is 19.4 Å². The quantitative estimate of drug-likeness (QED) is 0.743. The second-order valence-electron chi connectivity index (χ2n) is 5.85. The highest BCUT2D eigenvalue weighted by atomic mass is 16.5. The number of anilines is 3. The summed E-state index contributed by atoms with van der Waals surface area (Å²) in [7, 11) is 1.58. The number of rotatable bonds is 3. The molecule has 4 rings (SSSR count). The second kappa shape index (κ2) is 6.96. The van der Waals surface area contributed by atoms with Gasteiger partial charge in [0, 0.05) is 32.0 Å². The maximum absolute atomic E-state index is 12.5. The Labute approximate surface area is 150 Å². The number of nitrogens with one attached hydrogen (secondary N) is 2. The van der Waals surface area contributed by atoms with Gasteiger partial charge in [0.1, 0.15) is 0 Å². The molecule has 0 unspecified atom stereocenters. The lowest BCUT2D eigenvalue weighted by Crippen LogP contribution is -2.36. The minimum Gasteiger partial charge on any atom is -0.378 e. The number of benzene rings is 1. The molecule has 0 spiro atoms. The van der Waals surface area contributed by atoms with Crippen molar-refractivity contribution >= 4 is 34.4 Å². The monoisotopic (exact) mass is 353 g/mol. The van der Waals surface area contributed by atoms with Gasteiger partial charge in [0.25, 0.3) is 0 Å². The number of hydrogen-bond donors (Lipinski definition) is 2. The van der Waals surface area contributed by atoms with Crippen molar-refractivity contribution in [2.75, 3.05) is 43.2 Å². The van der Waals surface area contributed by atoms with E-state index >= 15 is 0 Å². The number of hydrogen-bond acceptors (Lipinski definition) is 6. The van der Waals surface area contributed by atoms with Crippen LogP contribution in [0, 0.1) is 0 Å². The second-order valence-corrected chi connectivity index (χ2v) is 5.85. The summed E-state index contributed by atoms with van der Waals surface area (Å²) >= 11 is 0. The Hall–Kier alpha value is -3.20. The van der Waals surface area contributed by atoms with Crippen LogP contribution in [0.2, 0.25) is 0 Å². The fourth-order valence-electron chi connectivity index (χ4n) is 2.91. The number of morpholine rings is 1. The predicted octanol–water partition coefficient (Wildman–Crippen LogP) is 1.67. The molecule has 3 aromatic rings. The zero-order valence-electron chi connectivity index (χ0n) is 14.3. The Morgan fingerprint density at radius 1 is 1.23 bits per heavy atom. The number of aromatic amines is 1. The van der Waals surface area contributed by atoms with E-state index in [2.05, 4.69) is 30.4 Å². The normalized spacial score (nSPS) is 14.4. The molecular formula is C17H19N7O2. The highest BCUT2D eigenvalue weighted by Gasteiger charge is 2.21. The molecule has 0 radical (unpaired) electrons. The van der Waals surface area contributed by atoms with Gasteiger partial charge in [0.05, 0.1) is 30.5 Å². The van der Waals surface area contributed by atoms with Crippen LogP contribution in [0.15, 0.2) is 36.7 Å². The van der Waals surface area contributed by atoms with Crippen LogP contribution in [-0.4, -0.2) is 59.5 Å². The number of amides is 2. The molecule has 26 heavy (non-hydrogen) atoms. The lowest BCUT2D eigenvalue weighted by molar-refractivity contribution is 0.122. The molecule has 1 aromatic carbocycles. The van der Waals surface area contributed by atoms with Crippen molar-refractivity contribution in [3.63, 3.8) is 0 Å². The van der Waals surface area contributed by atoms with E-state index in [1.807, 2.05) is 24.3 Å². The minimum absolute atomic E-state index is 0.278. The van der Waals surface area contributed by atoms with Gasteiger partial charge in [0.2, 0.25) is 5.95 Å². The molecule has 1 fully saturated rings. The SMILES string of the molecule is CNC(=O)N(c1ccc(N2CCOCC2)cc1)c1ncc2cn[nH]c2n1. The van der Waals surface area contributed by atoms with Crippen LogP contribution in [0.5, 0.6) is 0 Å². The molecule has 1 saturated heterocycles. The number of aromatic nitrogens is 4. The van der Waals surface area contributed by atoms with Crippen molar-refractivity contribution in [3.8, 4) is 0 Å². The average Bonchev–Trinajstić information content (AvgIpc) is 3.17. The Kier molecular flexibility index (Phi) is 4.36. The molecule has 0 bridgehead atoms. The molecule has 2 N–H and O–H groups in total. The lowest BCUT2D eigenvalue weighted by Gasteiger charge is -2.29. The van der Waals surface area contributed by atoms with Crippen molar-refractivity contribution in [2.45, 2.75) is 0 Å². The Bertz CT molecular complexity index is 903. The molecule has 0 atom stereocenters. The zero-order chi connectivity index (χ0) is 17.9. The number of ether oxygens (including phenoxy) is 1. The van der Waals surface area contributed by atoms with Gasteiger partial charge in [-0.3, -0.25) is 5.10 Å². The summed E-state index contributed by atoms with van der Waals surface area (Å²) in [5, 5.41) is 10.2. The highest BCUT2D eigenvalue weighted by molar-refractivity contribution is 5.98. The van der Waals surface area contributed by atoms with Crippen molar-refractivity contribution in [1.82, 2.24) is 25.5 Å². The number of carbonyl (C=O) groups is 1. The van der Waals surface area contributed by atoms with E-state index in [-0.39, 0.29) is 12.0 Å². The van der Waals surface area contributed by atoms with E-state index in [0.29, 0.717) is 11.3 Å². The number of H-pyrrole nitrogens is 1. The molecule has 0 saturated carbocycles. The van der Waals surface area contributed by atoms with Gasteiger partial charge < -0.3 is 15.0 Å². The molecule has 2 amide bonds. The number of fused-ring (bicyclic) bond motifs is 1. The molecule has 1 aliphatic rings. The van der Waals surface area contributed by atoms with Crippen molar-refractivity contribution in [1.29, 1.82) is 0 Å². The first kappa shape index (κ1) is 16.3. The summed E-state index contributed by atoms with van der Waals surface area (Å²) in [6.45, 7) is 3.17. The third-order valence-electron chi connectivity index (χ3n) is 4.28. The van der Waals surface area contributed by atoms with Crippen LogP contribution in [0.3, 0.4) is 0 Å². The largest absolute Gasteiger partial charge is 0.378 e. The van der Waals surface area contributed by atoms with E-state index in [4.69, 9.17) is 4.74 Å². The summed E-state index contributed by atoms with van der Waals surface area (Å²) in [6.07, 6.45) is 3.28. The maximum atomic E-state index is 12.5. The van der Waals surface area contributed by atoms with E-state index < -0.39 is 0 Å². The molecule has 1 aliphatic heterocycles. The first-order chi connectivity index (χ1) is 12.8. The lowest BCUT2D eigenvalue weighted by atomic mass is 10.2. The smallest absolute Gasteiger partial charge is 0.328 e. The molecular weight excluding hydrogens is 334 g/mol. The highest BCUT2D eigenvalue weighted by Crippen LogP contribution is 2.26. The van der Waals surface area contributed by atoms with E-state index in [9.17, 15) is 4.79 Å². The van der Waals surface area contributed by atoms with Gasteiger partial charge in [-0.25, -0.2) is 14.7 Å². The number of nitrogens with zero attached hydrogens (tertiary/aromatic N) is 5. The average molecular weight is 353 g/mol. The van der Waals surface area contributed by atoms with Crippen LogP contribution >= 0.6 is 0 Å². The van der Waals surface area contributed by atoms with Gasteiger partial charge in [-0.05, 0) is 24.3 Å². The predicted molar refractivity (Wildman–Crippen MR) is 97.8 cm³/mol. The molecule has 9 heteroatoms. The minimum atomic E-state index is -0.317. The molecule has 3 heterocycles. The Morgan fingerprint density at radius 2 is 2.00 bits per heavy atom. The summed E-state index contributed by atoms with van der Waals surface area (Å²) in [5.41, 5.74) is 2.35. The van der Waals surface area contributed by atoms with Gasteiger partial charge in [-0.15, -0.1) is 0 Å². The van der Waals surface area contributed by atoms with Crippen molar-refractivity contribution in [3.05, 3.63) is 36.7 Å². The summed E-state index contributed by atoms with van der Waals surface area (Å²) in [6, 6.07) is 7.44. The molecule has 0 aliphatic carbocycles. The summed E-state index contributed by atoms with van der Waals surface area (Å²) < 4.78 is 5.39. The third kappa shape index (κ3) is 3.04. The summed E-state index contributed by atoms with van der Waals surface area (Å²) in [5.74, 6) is 0.278. The molecule has 9 nitrogen and oxygen atoms in total. The van der Waals surface area contributed by atoms with E-state index in [1.165, 1.54) is 4.90 Å². The van der Waals surface area contributed by atoms with Crippen LogP contribution in [0.4, 0.5) is 22.1 Å². The molecule has 134 valence electrons. The Balaban J connectivity index is 1.66. The summed E-state index contributed by atoms with van der Waals surface area (Å²) in [4.78, 5) is 24.9. The van der Waals surface area contributed by atoms with Crippen molar-refractivity contribution in [2.24, 2.45) is 0 Å². The van der Waals surface area contributed by atoms with Gasteiger partial charge >= 0.3 is 6.03 Å². The van der Waals surface area contributed by atoms with Crippen molar-refractivity contribution < 1.29 is 9.53 Å². The van der Waals surface area contributed by atoms with Crippen LogP contribution < -0.4 is 15.1 Å². The maximum Gasteiger partial charge on any atom is 0.328 e. The first-order valence-electron chi connectivity index (χ1n) is 8.37.